The Labute approximate surface area is 157 Å². The quantitative estimate of drug-likeness (QED) is 0.712. The molecule has 4 rings (SSSR count). The Morgan fingerprint density at radius 3 is 2.89 bits per heavy atom. The van der Waals surface area contributed by atoms with Gasteiger partial charge in [0.2, 0.25) is 0 Å². The van der Waals surface area contributed by atoms with Gasteiger partial charge in [0.25, 0.3) is 5.91 Å². The summed E-state index contributed by atoms with van der Waals surface area (Å²) >= 11 is 0. The Morgan fingerprint density at radius 2 is 2.07 bits per heavy atom. The fourth-order valence-corrected chi connectivity index (χ4v) is 3.68. The fraction of sp³-hybridized carbons (Fsp3) is 0.286. The Bertz CT molecular complexity index is 925. The molecule has 1 amide bonds. The first-order chi connectivity index (χ1) is 13.2. The van der Waals surface area contributed by atoms with Gasteiger partial charge in [-0.2, -0.15) is 0 Å². The Morgan fingerprint density at radius 1 is 1.19 bits per heavy atom. The van der Waals surface area contributed by atoms with Gasteiger partial charge < -0.3 is 9.47 Å². The molecule has 0 N–H and O–H groups in total. The SMILES string of the molecule is O=C(c1ccccc1F)N1CCCC(c2nccn2Cc2cccnc2)C1. The van der Waals surface area contributed by atoms with Gasteiger partial charge >= 0.3 is 0 Å². The molecule has 1 aromatic carbocycles. The number of halogens is 1. The number of imidazole rings is 1. The van der Waals surface area contributed by atoms with Crippen molar-refractivity contribution in [3.63, 3.8) is 0 Å². The van der Waals surface area contributed by atoms with E-state index in [0.29, 0.717) is 19.6 Å². The van der Waals surface area contributed by atoms with Crippen LogP contribution >= 0.6 is 0 Å². The largest absolute Gasteiger partial charge is 0.338 e. The van der Waals surface area contributed by atoms with Gasteiger partial charge in [-0.05, 0) is 36.6 Å². The second kappa shape index (κ2) is 7.70. The smallest absolute Gasteiger partial charge is 0.256 e. The summed E-state index contributed by atoms with van der Waals surface area (Å²) in [6.07, 6.45) is 9.20. The third kappa shape index (κ3) is 3.74. The molecule has 138 valence electrons. The number of benzene rings is 1. The molecule has 3 aromatic rings. The van der Waals surface area contributed by atoms with Gasteiger partial charge in [-0.1, -0.05) is 18.2 Å². The summed E-state index contributed by atoms with van der Waals surface area (Å²) in [6.45, 7) is 1.89. The van der Waals surface area contributed by atoms with Crippen molar-refractivity contribution in [3.8, 4) is 0 Å². The average molecular weight is 364 g/mol. The van der Waals surface area contributed by atoms with Crippen LogP contribution in [-0.2, 0) is 6.54 Å². The molecular weight excluding hydrogens is 343 g/mol. The predicted octanol–water partition coefficient (Wildman–Crippen LogP) is 3.49. The minimum Gasteiger partial charge on any atom is -0.338 e. The summed E-state index contributed by atoms with van der Waals surface area (Å²) in [5, 5.41) is 0. The second-order valence-electron chi connectivity index (χ2n) is 6.84. The van der Waals surface area contributed by atoms with E-state index < -0.39 is 5.82 Å². The lowest BCUT2D eigenvalue weighted by atomic mass is 9.96. The van der Waals surface area contributed by atoms with E-state index in [1.54, 1.807) is 35.5 Å². The summed E-state index contributed by atoms with van der Waals surface area (Å²) in [4.78, 5) is 23.2. The van der Waals surface area contributed by atoms with Crippen LogP contribution in [-0.4, -0.2) is 38.4 Å². The summed E-state index contributed by atoms with van der Waals surface area (Å²) < 4.78 is 16.1. The van der Waals surface area contributed by atoms with Crippen LogP contribution in [0.4, 0.5) is 4.39 Å². The summed E-state index contributed by atoms with van der Waals surface area (Å²) in [7, 11) is 0. The van der Waals surface area contributed by atoms with E-state index in [0.717, 1.165) is 24.2 Å². The van der Waals surface area contributed by atoms with Crippen molar-refractivity contribution in [2.45, 2.75) is 25.3 Å². The number of carbonyl (C=O) groups excluding carboxylic acids is 1. The number of piperidine rings is 1. The van der Waals surface area contributed by atoms with Crippen molar-refractivity contribution in [3.05, 3.63) is 84.0 Å². The number of pyridine rings is 1. The highest BCUT2D eigenvalue weighted by atomic mass is 19.1. The summed E-state index contributed by atoms with van der Waals surface area (Å²) in [5.41, 5.74) is 1.24. The zero-order valence-corrected chi connectivity index (χ0v) is 15.0. The maximum absolute atomic E-state index is 14.0. The average Bonchev–Trinajstić information content (AvgIpc) is 3.17. The lowest BCUT2D eigenvalue weighted by Crippen LogP contribution is -2.40. The van der Waals surface area contributed by atoms with Gasteiger partial charge in [-0.15, -0.1) is 0 Å². The van der Waals surface area contributed by atoms with Crippen molar-refractivity contribution < 1.29 is 9.18 Å². The number of rotatable bonds is 4. The van der Waals surface area contributed by atoms with Gasteiger partial charge in [0.1, 0.15) is 11.6 Å². The number of amides is 1. The van der Waals surface area contributed by atoms with Gasteiger partial charge in [-0.3, -0.25) is 9.78 Å². The van der Waals surface area contributed by atoms with Crippen molar-refractivity contribution in [1.29, 1.82) is 0 Å². The first-order valence-electron chi connectivity index (χ1n) is 9.16. The molecule has 0 bridgehead atoms. The number of nitrogens with zero attached hydrogens (tertiary/aromatic N) is 4. The predicted molar refractivity (Wildman–Crippen MR) is 99.8 cm³/mol. The Hall–Kier alpha value is -3.02. The molecule has 0 spiro atoms. The number of likely N-dealkylation sites (tertiary alicyclic amines) is 1. The highest BCUT2D eigenvalue weighted by Gasteiger charge is 2.29. The van der Waals surface area contributed by atoms with E-state index in [1.807, 2.05) is 24.5 Å². The van der Waals surface area contributed by atoms with Gasteiger partial charge in [0, 0.05) is 43.8 Å². The van der Waals surface area contributed by atoms with Crippen molar-refractivity contribution in [2.24, 2.45) is 0 Å². The maximum Gasteiger partial charge on any atom is 0.256 e. The van der Waals surface area contributed by atoms with E-state index in [-0.39, 0.29) is 17.4 Å². The van der Waals surface area contributed by atoms with Gasteiger partial charge in [0.15, 0.2) is 0 Å². The molecule has 5 nitrogen and oxygen atoms in total. The molecule has 0 aliphatic carbocycles. The molecule has 1 aliphatic rings. The van der Waals surface area contributed by atoms with Gasteiger partial charge in [-0.25, -0.2) is 9.37 Å². The van der Waals surface area contributed by atoms with Crippen molar-refractivity contribution in [2.75, 3.05) is 13.1 Å². The van der Waals surface area contributed by atoms with E-state index in [9.17, 15) is 9.18 Å². The molecule has 0 saturated carbocycles. The van der Waals surface area contributed by atoms with Crippen LogP contribution in [0.3, 0.4) is 0 Å². The minimum atomic E-state index is -0.470. The highest BCUT2D eigenvalue weighted by Crippen LogP contribution is 2.27. The third-order valence-electron chi connectivity index (χ3n) is 5.00. The maximum atomic E-state index is 14.0. The van der Waals surface area contributed by atoms with Crippen molar-refractivity contribution >= 4 is 5.91 Å². The van der Waals surface area contributed by atoms with E-state index >= 15 is 0 Å². The van der Waals surface area contributed by atoms with E-state index in [4.69, 9.17) is 0 Å². The van der Waals surface area contributed by atoms with Crippen LogP contribution < -0.4 is 0 Å². The normalized spacial score (nSPS) is 17.1. The number of carbonyl (C=O) groups is 1. The zero-order chi connectivity index (χ0) is 18.6. The molecule has 1 atom stereocenters. The number of hydrogen-bond donors (Lipinski definition) is 0. The zero-order valence-electron chi connectivity index (χ0n) is 15.0. The fourth-order valence-electron chi connectivity index (χ4n) is 3.68. The molecular formula is C21H21FN4O. The first-order valence-corrected chi connectivity index (χ1v) is 9.16. The van der Waals surface area contributed by atoms with Crippen LogP contribution in [0.1, 0.15) is 40.5 Å². The van der Waals surface area contributed by atoms with E-state index in [1.165, 1.54) is 6.07 Å². The number of hydrogen-bond acceptors (Lipinski definition) is 3. The Balaban J connectivity index is 1.52. The molecule has 0 radical (unpaired) electrons. The first kappa shape index (κ1) is 17.4. The number of aromatic nitrogens is 3. The van der Waals surface area contributed by atoms with Gasteiger partial charge in [0.05, 0.1) is 12.1 Å². The highest BCUT2D eigenvalue weighted by molar-refractivity contribution is 5.94. The second-order valence-corrected chi connectivity index (χ2v) is 6.84. The molecule has 27 heavy (non-hydrogen) atoms. The molecule has 2 aromatic heterocycles. The van der Waals surface area contributed by atoms with Crippen LogP contribution in [0.5, 0.6) is 0 Å². The van der Waals surface area contributed by atoms with E-state index in [2.05, 4.69) is 14.5 Å². The standard InChI is InChI=1S/C21H21FN4O/c22-19-8-2-1-7-18(19)21(27)26-11-4-6-17(15-26)20-24-10-12-25(20)14-16-5-3-9-23-13-16/h1-3,5,7-10,12-13,17H,4,6,11,14-15H2. The van der Waals surface area contributed by atoms with Crippen molar-refractivity contribution in [1.82, 2.24) is 19.4 Å². The molecule has 6 heteroatoms. The third-order valence-corrected chi connectivity index (χ3v) is 5.00. The lowest BCUT2D eigenvalue weighted by molar-refractivity contribution is 0.0698. The molecule has 1 unspecified atom stereocenters. The van der Waals surface area contributed by atoms with Crippen LogP contribution in [0.15, 0.2) is 61.2 Å². The van der Waals surface area contributed by atoms with Crippen LogP contribution in [0.25, 0.3) is 0 Å². The minimum absolute atomic E-state index is 0.136. The summed E-state index contributed by atoms with van der Waals surface area (Å²) in [5.74, 6) is 0.386. The Kier molecular flexibility index (Phi) is 4.96. The van der Waals surface area contributed by atoms with Crippen LogP contribution in [0.2, 0.25) is 0 Å². The summed E-state index contributed by atoms with van der Waals surface area (Å²) in [6, 6.07) is 10.1. The molecule has 1 saturated heterocycles. The molecule has 3 heterocycles. The molecule has 1 fully saturated rings. The molecule has 1 aliphatic heterocycles. The monoisotopic (exact) mass is 364 g/mol. The van der Waals surface area contributed by atoms with Crippen LogP contribution in [0, 0.1) is 5.82 Å². The lowest BCUT2D eigenvalue weighted by Gasteiger charge is -2.33. The topological polar surface area (TPSA) is 51.0 Å².